The van der Waals surface area contributed by atoms with Crippen LogP contribution in [0.15, 0.2) is 24.3 Å². The minimum Gasteiger partial charge on any atom is -0.444 e. The fraction of sp³-hybridized carbons (Fsp3) is 0.571. The van der Waals surface area contributed by atoms with Gasteiger partial charge in [0.25, 0.3) is 0 Å². The normalized spacial score (nSPS) is 19.4. The molecule has 1 N–H and O–H groups in total. The summed E-state index contributed by atoms with van der Waals surface area (Å²) in [6, 6.07) is 8.04. The van der Waals surface area contributed by atoms with Crippen molar-refractivity contribution in [1.29, 1.82) is 0 Å². The number of aromatic nitrogens is 3. The number of rotatable bonds is 4. The molecule has 0 bridgehead atoms. The first-order valence-electron chi connectivity index (χ1n) is 9.87. The zero-order valence-electron chi connectivity index (χ0n) is 16.4. The van der Waals surface area contributed by atoms with E-state index < -0.39 is 11.7 Å². The molecule has 1 aliphatic carbocycles. The summed E-state index contributed by atoms with van der Waals surface area (Å²) in [6.07, 6.45) is 4.68. The Bertz CT molecular complexity index is 816. The summed E-state index contributed by atoms with van der Waals surface area (Å²) >= 11 is 0. The van der Waals surface area contributed by atoms with E-state index in [1.165, 1.54) is 19.3 Å². The van der Waals surface area contributed by atoms with Gasteiger partial charge in [0.15, 0.2) is 5.82 Å². The number of alkyl carbamates (subject to hydrolysis) is 1. The average Bonchev–Trinajstić information content (AvgIpc) is 3.37. The van der Waals surface area contributed by atoms with Gasteiger partial charge in [-0.1, -0.05) is 24.3 Å². The average molecular weight is 368 g/mol. The van der Waals surface area contributed by atoms with Gasteiger partial charge >= 0.3 is 6.09 Å². The van der Waals surface area contributed by atoms with Crippen LogP contribution in [0.4, 0.5) is 4.79 Å². The monoisotopic (exact) mass is 368 g/mol. The molecule has 27 heavy (non-hydrogen) atoms. The molecule has 2 aliphatic rings. The van der Waals surface area contributed by atoms with E-state index >= 15 is 0 Å². The lowest BCUT2D eigenvalue weighted by Crippen LogP contribution is -2.32. The highest BCUT2D eigenvalue weighted by Gasteiger charge is 2.34. The fourth-order valence-electron chi connectivity index (χ4n) is 3.68. The van der Waals surface area contributed by atoms with Crippen LogP contribution in [0.25, 0.3) is 11.4 Å². The van der Waals surface area contributed by atoms with Gasteiger partial charge < -0.3 is 10.1 Å². The number of hydrogen-bond donors (Lipinski definition) is 1. The number of ether oxygens (including phenoxy) is 1. The van der Waals surface area contributed by atoms with Gasteiger partial charge in [-0.25, -0.2) is 14.5 Å². The Hall–Kier alpha value is -2.37. The number of nitrogens with zero attached hydrogens (tertiary/aromatic N) is 3. The zero-order chi connectivity index (χ0) is 19.0. The van der Waals surface area contributed by atoms with E-state index in [2.05, 4.69) is 10.00 Å². The van der Waals surface area contributed by atoms with Crippen LogP contribution in [0.3, 0.4) is 0 Å². The van der Waals surface area contributed by atoms with Crippen molar-refractivity contribution in [3.8, 4) is 11.4 Å². The Labute approximate surface area is 160 Å². The first-order valence-corrected chi connectivity index (χ1v) is 9.87. The van der Waals surface area contributed by atoms with Crippen molar-refractivity contribution in [3.63, 3.8) is 0 Å². The van der Waals surface area contributed by atoms with Crippen molar-refractivity contribution < 1.29 is 9.53 Å². The van der Waals surface area contributed by atoms with Gasteiger partial charge in [-0.15, -0.1) is 0 Å². The molecule has 144 valence electrons. The van der Waals surface area contributed by atoms with Crippen LogP contribution in [-0.4, -0.2) is 26.5 Å². The SMILES string of the molecule is CC(C)(C)OC(=O)NCc1ccc(-c2nc3n(n2)CCC(C2CC2)C3)cc1. The lowest BCUT2D eigenvalue weighted by atomic mass is 9.93. The van der Waals surface area contributed by atoms with Gasteiger partial charge in [-0.2, -0.15) is 5.10 Å². The van der Waals surface area contributed by atoms with Crippen LogP contribution in [0.1, 0.15) is 51.4 Å². The Morgan fingerprint density at radius 2 is 1.93 bits per heavy atom. The molecule has 4 rings (SSSR count). The van der Waals surface area contributed by atoms with Crippen LogP contribution in [0, 0.1) is 11.8 Å². The quantitative estimate of drug-likeness (QED) is 0.887. The van der Waals surface area contributed by atoms with Gasteiger partial charge in [0.2, 0.25) is 0 Å². The van der Waals surface area contributed by atoms with Crippen LogP contribution in [-0.2, 0) is 24.2 Å². The van der Waals surface area contributed by atoms with Crippen molar-refractivity contribution >= 4 is 6.09 Å². The molecule has 1 aromatic carbocycles. The van der Waals surface area contributed by atoms with Crippen LogP contribution < -0.4 is 5.32 Å². The second kappa shape index (κ2) is 6.98. The lowest BCUT2D eigenvalue weighted by Gasteiger charge is -2.21. The number of nitrogens with one attached hydrogen (secondary N) is 1. The maximum absolute atomic E-state index is 11.8. The highest BCUT2D eigenvalue weighted by molar-refractivity contribution is 5.67. The predicted octanol–water partition coefficient (Wildman–Crippen LogP) is 3.94. The number of fused-ring (bicyclic) bond motifs is 1. The standard InChI is InChI=1S/C21H28N4O2/c1-21(2,3)27-20(26)22-13-14-4-6-16(7-5-14)19-23-18-12-17(15-8-9-15)10-11-25(18)24-19/h4-7,15,17H,8-13H2,1-3H3,(H,22,26). The summed E-state index contributed by atoms with van der Waals surface area (Å²) in [7, 11) is 0. The van der Waals surface area contributed by atoms with E-state index in [1.807, 2.05) is 45.0 Å². The highest BCUT2D eigenvalue weighted by Crippen LogP contribution is 2.41. The third-order valence-corrected chi connectivity index (χ3v) is 5.24. The maximum Gasteiger partial charge on any atom is 0.407 e. The second-order valence-electron chi connectivity index (χ2n) is 8.72. The molecule has 6 heteroatoms. The second-order valence-corrected chi connectivity index (χ2v) is 8.72. The topological polar surface area (TPSA) is 69.0 Å². The molecule has 1 atom stereocenters. The summed E-state index contributed by atoms with van der Waals surface area (Å²) < 4.78 is 7.33. The van der Waals surface area contributed by atoms with E-state index in [0.29, 0.717) is 6.54 Å². The van der Waals surface area contributed by atoms with Crippen LogP contribution >= 0.6 is 0 Å². The summed E-state index contributed by atoms with van der Waals surface area (Å²) in [4.78, 5) is 16.5. The van der Waals surface area contributed by atoms with Crippen LogP contribution in [0.5, 0.6) is 0 Å². The van der Waals surface area contributed by atoms with Crippen molar-refractivity contribution in [2.75, 3.05) is 0 Å². The summed E-state index contributed by atoms with van der Waals surface area (Å²) in [5.74, 6) is 3.66. The number of aryl methyl sites for hydroxylation is 1. The number of benzene rings is 1. The molecule has 6 nitrogen and oxygen atoms in total. The summed E-state index contributed by atoms with van der Waals surface area (Å²) in [5, 5.41) is 7.47. The molecule has 1 saturated carbocycles. The van der Waals surface area contributed by atoms with Gasteiger partial charge in [0.1, 0.15) is 11.4 Å². The van der Waals surface area contributed by atoms with E-state index in [-0.39, 0.29) is 0 Å². The fourth-order valence-corrected chi connectivity index (χ4v) is 3.68. The number of carbonyl (C=O) groups excluding carboxylic acids is 1. The van der Waals surface area contributed by atoms with Gasteiger partial charge in [0, 0.05) is 25.1 Å². The Morgan fingerprint density at radius 1 is 1.19 bits per heavy atom. The molecule has 1 amide bonds. The van der Waals surface area contributed by atoms with Crippen LogP contribution in [0.2, 0.25) is 0 Å². The van der Waals surface area contributed by atoms with E-state index in [0.717, 1.165) is 47.6 Å². The number of hydrogen-bond acceptors (Lipinski definition) is 4. The van der Waals surface area contributed by atoms with Gasteiger partial charge in [-0.05, 0) is 57.4 Å². The maximum atomic E-state index is 11.8. The van der Waals surface area contributed by atoms with E-state index in [1.54, 1.807) is 0 Å². The first-order chi connectivity index (χ1) is 12.9. The van der Waals surface area contributed by atoms with E-state index in [4.69, 9.17) is 14.8 Å². The first kappa shape index (κ1) is 18.0. The van der Waals surface area contributed by atoms with Crippen molar-refractivity contribution in [3.05, 3.63) is 35.7 Å². The molecule has 1 fully saturated rings. The summed E-state index contributed by atoms with van der Waals surface area (Å²) in [6.45, 7) is 6.98. The summed E-state index contributed by atoms with van der Waals surface area (Å²) in [5.41, 5.74) is 1.54. The van der Waals surface area contributed by atoms with E-state index in [9.17, 15) is 4.79 Å². The predicted molar refractivity (Wildman–Crippen MR) is 103 cm³/mol. The minimum absolute atomic E-state index is 0.403. The third-order valence-electron chi connectivity index (χ3n) is 5.24. The lowest BCUT2D eigenvalue weighted by molar-refractivity contribution is 0.0523. The third kappa shape index (κ3) is 4.49. The largest absolute Gasteiger partial charge is 0.444 e. The smallest absolute Gasteiger partial charge is 0.407 e. The molecule has 2 aromatic rings. The molecule has 0 saturated heterocycles. The Morgan fingerprint density at radius 3 is 2.59 bits per heavy atom. The van der Waals surface area contributed by atoms with Crippen molar-refractivity contribution in [2.45, 2.75) is 65.1 Å². The van der Waals surface area contributed by atoms with Gasteiger partial charge in [0.05, 0.1) is 0 Å². The number of carbonyl (C=O) groups is 1. The molecule has 0 spiro atoms. The molecule has 1 aromatic heterocycles. The molecule has 1 aliphatic heterocycles. The molecular weight excluding hydrogens is 340 g/mol. The highest BCUT2D eigenvalue weighted by atomic mass is 16.6. The zero-order valence-corrected chi connectivity index (χ0v) is 16.4. The Kier molecular flexibility index (Phi) is 4.66. The Balaban J connectivity index is 1.37. The molecule has 2 heterocycles. The van der Waals surface area contributed by atoms with Crippen molar-refractivity contribution in [2.24, 2.45) is 11.8 Å². The van der Waals surface area contributed by atoms with Gasteiger partial charge in [-0.3, -0.25) is 0 Å². The van der Waals surface area contributed by atoms with Crippen molar-refractivity contribution in [1.82, 2.24) is 20.1 Å². The number of amides is 1. The molecule has 0 radical (unpaired) electrons. The minimum atomic E-state index is -0.488. The molecule has 1 unspecified atom stereocenters. The molecular formula is C21H28N4O2.